The van der Waals surface area contributed by atoms with Gasteiger partial charge in [0.15, 0.2) is 5.11 Å². The standard InChI is InChI=1S/C14H19ClN2OS/c1-3-4-7-10-17(2)14(19)16-13(18)11-8-5-6-9-12(11)15/h5-6,8-9H,3-4,7,10H2,1-2H3,(H,16,18,19). The van der Waals surface area contributed by atoms with E-state index in [-0.39, 0.29) is 5.91 Å². The minimum Gasteiger partial charge on any atom is -0.352 e. The minimum atomic E-state index is -0.266. The Morgan fingerprint density at radius 3 is 2.68 bits per heavy atom. The summed E-state index contributed by atoms with van der Waals surface area (Å²) in [6.07, 6.45) is 3.38. The molecule has 0 heterocycles. The van der Waals surface area contributed by atoms with Crippen LogP contribution in [-0.4, -0.2) is 29.5 Å². The molecule has 0 aromatic heterocycles. The highest BCUT2D eigenvalue weighted by atomic mass is 35.5. The Hall–Kier alpha value is -1.13. The third-order valence-electron chi connectivity index (χ3n) is 2.78. The molecule has 3 nitrogen and oxygen atoms in total. The van der Waals surface area contributed by atoms with Gasteiger partial charge in [0.25, 0.3) is 5.91 Å². The third-order valence-corrected chi connectivity index (χ3v) is 3.53. The highest BCUT2D eigenvalue weighted by Crippen LogP contribution is 2.14. The van der Waals surface area contributed by atoms with Crippen LogP contribution < -0.4 is 5.32 Å². The molecule has 0 aliphatic rings. The number of rotatable bonds is 5. The van der Waals surface area contributed by atoms with E-state index < -0.39 is 0 Å². The molecule has 19 heavy (non-hydrogen) atoms. The van der Waals surface area contributed by atoms with E-state index in [4.69, 9.17) is 23.8 Å². The molecule has 0 aliphatic carbocycles. The number of carbonyl (C=O) groups is 1. The molecule has 1 N–H and O–H groups in total. The van der Waals surface area contributed by atoms with Crippen LogP contribution in [0.5, 0.6) is 0 Å². The Bertz CT molecular complexity index is 451. The van der Waals surface area contributed by atoms with Gasteiger partial charge in [-0.15, -0.1) is 0 Å². The van der Waals surface area contributed by atoms with Gasteiger partial charge in [0.05, 0.1) is 10.6 Å². The second-order valence-corrected chi connectivity index (χ2v) is 5.16. The lowest BCUT2D eigenvalue weighted by molar-refractivity contribution is 0.0974. The van der Waals surface area contributed by atoms with Gasteiger partial charge in [-0.05, 0) is 30.8 Å². The summed E-state index contributed by atoms with van der Waals surface area (Å²) in [5, 5.41) is 3.56. The first-order chi connectivity index (χ1) is 9.06. The fourth-order valence-corrected chi connectivity index (χ4v) is 2.01. The summed E-state index contributed by atoms with van der Waals surface area (Å²) in [5.74, 6) is -0.266. The maximum atomic E-state index is 12.0. The molecule has 104 valence electrons. The maximum Gasteiger partial charge on any atom is 0.258 e. The average Bonchev–Trinajstić information content (AvgIpc) is 2.39. The van der Waals surface area contributed by atoms with Crippen LogP contribution in [0.1, 0.15) is 36.5 Å². The predicted octanol–water partition coefficient (Wildman–Crippen LogP) is 3.48. The number of nitrogens with one attached hydrogen (secondary N) is 1. The maximum absolute atomic E-state index is 12.0. The van der Waals surface area contributed by atoms with Crippen LogP contribution in [-0.2, 0) is 0 Å². The fourth-order valence-electron chi connectivity index (χ4n) is 1.61. The van der Waals surface area contributed by atoms with E-state index in [1.807, 2.05) is 11.9 Å². The second kappa shape index (κ2) is 8.12. The fraction of sp³-hybridized carbons (Fsp3) is 0.429. The van der Waals surface area contributed by atoms with Gasteiger partial charge in [-0.25, -0.2) is 0 Å². The molecule has 1 amide bonds. The zero-order chi connectivity index (χ0) is 14.3. The number of thiocarbonyl (C=S) groups is 1. The van der Waals surface area contributed by atoms with Gasteiger partial charge in [0.2, 0.25) is 0 Å². The molecule has 0 aliphatic heterocycles. The van der Waals surface area contributed by atoms with Crippen LogP contribution >= 0.6 is 23.8 Å². The van der Waals surface area contributed by atoms with Crippen molar-refractivity contribution >= 4 is 34.8 Å². The number of hydrogen-bond donors (Lipinski definition) is 1. The Labute approximate surface area is 124 Å². The van der Waals surface area contributed by atoms with Crippen LogP contribution in [0, 0.1) is 0 Å². The van der Waals surface area contributed by atoms with Crippen molar-refractivity contribution in [2.45, 2.75) is 26.2 Å². The molecule has 0 atom stereocenters. The lowest BCUT2D eigenvalue weighted by Gasteiger charge is -2.20. The lowest BCUT2D eigenvalue weighted by Crippen LogP contribution is -2.41. The Balaban J connectivity index is 2.52. The summed E-state index contributed by atoms with van der Waals surface area (Å²) in [7, 11) is 1.88. The zero-order valence-electron chi connectivity index (χ0n) is 11.3. The Morgan fingerprint density at radius 1 is 1.37 bits per heavy atom. The number of benzene rings is 1. The van der Waals surface area contributed by atoms with Crippen LogP contribution in [0.3, 0.4) is 0 Å². The first-order valence-corrected chi connectivity index (χ1v) is 7.15. The largest absolute Gasteiger partial charge is 0.352 e. The predicted molar refractivity (Wildman–Crippen MR) is 83.7 cm³/mol. The van der Waals surface area contributed by atoms with Crippen molar-refractivity contribution in [1.82, 2.24) is 10.2 Å². The van der Waals surface area contributed by atoms with Gasteiger partial charge >= 0.3 is 0 Å². The van der Waals surface area contributed by atoms with Crippen molar-refractivity contribution < 1.29 is 4.79 Å². The quantitative estimate of drug-likeness (QED) is 0.667. The minimum absolute atomic E-state index is 0.266. The lowest BCUT2D eigenvalue weighted by atomic mass is 10.2. The topological polar surface area (TPSA) is 32.3 Å². The third kappa shape index (κ3) is 5.17. The summed E-state index contributed by atoms with van der Waals surface area (Å²) in [5.41, 5.74) is 0.438. The van der Waals surface area contributed by atoms with E-state index in [0.29, 0.717) is 15.7 Å². The highest BCUT2D eigenvalue weighted by Gasteiger charge is 2.12. The number of hydrogen-bond acceptors (Lipinski definition) is 2. The Morgan fingerprint density at radius 2 is 2.05 bits per heavy atom. The monoisotopic (exact) mass is 298 g/mol. The summed E-state index contributed by atoms with van der Waals surface area (Å²) in [6.45, 7) is 2.99. The van der Waals surface area contributed by atoms with Gasteiger partial charge < -0.3 is 4.90 Å². The number of carbonyl (C=O) groups excluding carboxylic acids is 1. The molecule has 5 heteroatoms. The molecule has 1 rings (SSSR count). The van der Waals surface area contributed by atoms with Crippen molar-refractivity contribution in [1.29, 1.82) is 0 Å². The van der Waals surface area contributed by atoms with Crippen LogP contribution in [0.2, 0.25) is 5.02 Å². The molecular weight excluding hydrogens is 280 g/mol. The van der Waals surface area contributed by atoms with E-state index in [9.17, 15) is 4.79 Å². The van der Waals surface area contributed by atoms with Crippen molar-refractivity contribution in [2.75, 3.05) is 13.6 Å². The van der Waals surface area contributed by atoms with Crippen LogP contribution in [0.25, 0.3) is 0 Å². The summed E-state index contributed by atoms with van der Waals surface area (Å²) in [6, 6.07) is 6.92. The number of nitrogens with zero attached hydrogens (tertiary/aromatic N) is 1. The van der Waals surface area contributed by atoms with Crippen LogP contribution in [0.15, 0.2) is 24.3 Å². The van der Waals surface area contributed by atoms with E-state index in [1.54, 1.807) is 24.3 Å². The summed E-state index contributed by atoms with van der Waals surface area (Å²) >= 11 is 11.2. The molecular formula is C14H19ClN2OS. The summed E-state index contributed by atoms with van der Waals surface area (Å²) < 4.78 is 0. The van der Waals surface area contributed by atoms with Gasteiger partial charge in [0.1, 0.15) is 0 Å². The van der Waals surface area contributed by atoms with Crippen molar-refractivity contribution in [3.63, 3.8) is 0 Å². The SMILES string of the molecule is CCCCCN(C)C(=S)NC(=O)c1ccccc1Cl. The molecule has 1 aromatic carbocycles. The van der Waals surface area contributed by atoms with Crippen molar-refractivity contribution in [3.05, 3.63) is 34.9 Å². The number of amides is 1. The van der Waals surface area contributed by atoms with Gasteiger partial charge in [0, 0.05) is 13.6 Å². The molecule has 0 radical (unpaired) electrons. The zero-order valence-corrected chi connectivity index (χ0v) is 12.9. The van der Waals surface area contributed by atoms with E-state index in [1.165, 1.54) is 0 Å². The molecule has 0 spiro atoms. The smallest absolute Gasteiger partial charge is 0.258 e. The average molecular weight is 299 g/mol. The van der Waals surface area contributed by atoms with Gasteiger partial charge in [-0.2, -0.15) is 0 Å². The first-order valence-electron chi connectivity index (χ1n) is 6.37. The Kier molecular flexibility index (Phi) is 6.81. The van der Waals surface area contributed by atoms with Gasteiger partial charge in [-0.3, -0.25) is 10.1 Å². The second-order valence-electron chi connectivity index (χ2n) is 4.37. The number of halogens is 1. The molecule has 0 saturated carbocycles. The molecule has 0 fully saturated rings. The van der Waals surface area contributed by atoms with Crippen molar-refractivity contribution in [3.8, 4) is 0 Å². The summed E-state index contributed by atoms with van der Waals surface area (Å²) in [4.78, 5) is 13.9. The van der Waals surface area contributed by atoms with Crippen LogP contribution in [0.4, 0.5) is 0 Å². The normalized spacial score (nSPS) is 10.1. The van der Waals surface area contributed by atoms with E-state index >= 15 is 0 Å². The molecule has 0 bridgehead atoms. The number of unbranched alkanes of at least 4 members (excludes halogenated alkanes) is 2. The highest BCUT2D eigenvalue weighted by molar-refractivity contribution is 7.80. The molecule has 1 aromatic rings. The van der Waals surface area contributed by atoms with Crippen molar-refractivity contribution in [2.24, 2.45) is 0 Å². The molecule has 0 saturated heterocycles. The first kappa shape index (κ1) is 15.9. The molecule has 0 unspecified atom stereocenters. The van der Waals surface area contributed by atoms with Gasteiger partial charge in [-0.1, -0.05) is 43.5 Å². The van der Waals surface area contributed by atoms with E-state index in [0.717, 1.165) is 25.8 Å². The van der Waals surface area contributed by atoms with E-state index in [2.05, 4.69) is 12.2 Å².